The van der Waals surface area contributed by atoms with Gasteiger partial charge >= 0.3 is 0 Å². The lowest BCUT2D eigenvalue weighted by atomic mass is 10.0. The van der Waals surface area contributed by atoms with Crippen molar-refractivity contribution in [3.05, 3.63) is 78.5 Å². The second-order valence-electron chi connectivity index (χ2n) is 5.35. The lowest BCUT2D eigenvalue weighted by Crippen LogP contribution is -2.13. The topological polar surface area (TPSA) is 56.0 Å². The number of aromatic nitrogens is 1. The minimum absolute atomic E-state index is 0.211. The standard InChI is InChI=1S/C21H22N2OS.2C2H6/c1-3-5-10-17(9-4-2)19-13-18(16-11-7-6-8-12-16)14-21(23-19)25-15-20(22)24;2*1-2/h3-14H,15H2,1-2H3,(H2,22,24);2*1-2H3/b5-3-,9-4-,17-10+;;. The van der Waals surface area contributed by atoms with Crippen LogP contribution in [0, 0.1) is 0 Å². The number of primary amides is 1. The van der Waals surface area contributed by atoms with Crippen molar-refractivity contribution >= 4 is 23.2 Å². The number of allylic oxidation sites excluding steroid dienone is 6. The van der Waals surface area contributed by atoms with E-state index in [0.717, 1.165) is 27.4 Å². The van der Waals surface area contributed by atoms with Gasteiger partial charge in [0.05, 0.1) is 16.5 Å². The fraction of sp³-hybridized carbons (Fsp3) is 0.280. The molecule has 1 aromatic carbocycles. The molecule has 2 N–H and O–H groups in total. The monoisotopic (exact) mass is 410 g/mol. The largest absolute Gasteiger partial charge is 0.369 e. The molecule has 1 amide bonds. The summed E-state index contributed by atoms with van der Waals surface area (Å²) in [5, 5.41) is 0.783. The number of nitrogens with zero attached hydrogens (tertiary/aromatic N) is 1. The minimum Gasteiger partial charge on any atom is -0.369 e. The third-order valence-electron chi connectivity index (χ3n) is 3.38. The first kappa shape index (κ1) is 26.4. The molecule has 0 radical (unpaired) electrons. The van der Waals surface area contributed by atoms with E-state index < -0.39 is 0 Å². The number of hydrogen-bond acceptors (Lipinski definition) is 3. The number of hydrogen-bond donors (Lipinski definition) is 1. The second kappa shape index (κ2) is 16.4. The molecule has 0 aliphatic heterocycles. The van der Waals surface area contributed by atoms with Gasteiger partial charge in [-0.3, -0.25) is 4.79 Å². The van der Waals surface area contributed by atoms with Crippen LogP contribution in [0.1, 0.15) is 47.2 Å². The zero-order chi connectivity index (χ0) is 22.1. The Morgan fingerprint density at radius 3 is 2.21 bits per heavy atom. The van der Waals surface area contributed by atoms with Gasteiger partial charge in [0.25, 0.3) is 0 Å². The molecule has 1 aromatic heterocycles. The van der Waals surface area contributed by atoms with Crippen LogP contribution >= 0.6 is 11.8 Å². The van der Waals surface area contributed by atoms with Gasteiger partial charge in [-0.25, -0.2) is 4.98 Å². The minimum atomic E-state index is -0.350. The van der Waals surface area contributed by atoms with Crippen LogP contribution in [-0.4, -0.2) is 16.6 Å². The van der Waals surface area contributed by atoms with Crippen LogP contribution in [0.5, 0.6) is 0 Å². The van der Waals surface area contributed by atoms with Crippen LogP contribution in [0.25, 0.3) is 16.7 Å². The average molecular weight is 411 g/mol. The van der Waals surface area contributed by atoms with Crippen molar-refractivity contribution in [2.75, 3.05) is 5.75 Å². The molecule has 0 spiro atoms. The second-order valence-corrected chi connectivity index (χ2v) is 6.34. The van der Waals surface area contributed by atoms with Crippen LogP contribution in [0.2, 0.25) is 0 Å². The molecule has 156 valence electrons. The molecule has 0 aliphatic rings. The number of pyridine rings is 1. The highest BCUT2D eigenvalue weighted by Gasteiger charge is 2.09. The Labute approximate surface area is 180 Å². The lowest BCUT2D eigenvalue weighted by molar-refractivity contribution is -0.115. The Balaban J connectivity index is 0.00000184. The summed E-state index contributed by atoms with van der Waals surface area (Å²) in [7, 11) is 0. The van der Waals surface area contributed by atoms with E-state index in [1.54, 1.807) is 0 Å². The van der Waals surface area contributed by atoms with E-state index in [2.05, 4.69) is 18.2 Å². The molecule has 29 heavy (non-hydrogen) atoms. The van der Waals surface area contributed by atoms with E-state index >= 15 is 0 Å². The maximum absolute atomic E-state index is 11.1. The van der Waals surface area contributed by atoms with Gasteiger partial charge in [-0.15, -0.1) is 0 Å². The van der Waals surface area contributed by atoms with Crippen molar-refractivity contribution in [3.8, 4) is 11.1 Å². The molecule has 0 atom stereocenters. The molecule has 4 heteroatoms. The summed E-state index contributed by atoms with van der Waals surface area (Å²) < 4.78 is 0. The smallest absolute Gasteiger partial charge is 0.227 e. The summed E-state index contributed by atoms with van der Waals surface area (Å²) in [6.45, 7) is 12.0. The Morgan fingerprint density at radius 1 is 1.00 bits per heavy atom. The predicted molar refractivity (Wildman–Crippen MR) is 130 cm³/mol. The number of amides is 1. The molecule has 1 heterocycles. The van der Waals surface area contributed by atoms with E-state index in [4.69, 9.17) is 10.7 Å². The first-order valence-corrected chi connectivity index (χ1v) is 11.1. The quantitative estimate of drug-likeness (QED) is 0.398. The molecule has 0 unspecified atom stereocenters. The van der Waals surface area contributed by atoms with Crippen LogP contribution < -0.4 is 5.73 Å². The zero-order valence-corrected chi connectivity index (χ0v) is 19.3. The third kappa shape index (κ3) is 9.95. The van der Waals surface area contributed by atoms with E-state index in [-0.39, 0.29) is 11.7 Å². The van der Waals surface area contributed by atoms with Gasteiger partial charge in [0.15, 0.2) is 0 Å². The average Bonchev–Trinajstić information content (AvgIpc) is 2.78. The van der Waals surface area contributed by atoms with Gasteiger partial charge in [-0.05, 0) is 42.7 Å². The number of nitrogens with two attached hydrogens (primary N) is 1. The number of carbonyl (C=O) groups excluding carboxylic acids is 1. The lowest BCUT2D eigenvalue weighted by Gasteiger charge is -2.10. The van der Waals surface area contributed by atoms with Crippen LogP contribution in [0.3, 0.4) is 0 Å². The van der Waals surface area contributed by atoms with Crippen molar-refractivity contribution in [2.24, 2.45) is 5.73 Å². The van der Waals surface area contributed by atoms with E-state index in [1.807, 2.05) is 96.2 Å². The molecule has 3 nitrogen and oxygen atoms in total. The van der Waals surface area contributed by atoms with Crippen molar-refractivity contribution in [3.63, 3.8) is 0 Å². The first-order valence-electron chi connectivity index (χ1n) is 10.1. The fourth-order valence-electron chi connectivity index (χ4n) is 2.28. The SMILES string of the molecule is CC.CC.C\C=C/C=C(\C=C/C)c1cc(-c2ccccc2)cc(SCC(N)=O)n1. The Hall–Kier alpha value is -2.59. The summed E-state index contributed by atoms with van der Waals surface area (Å²) in [5.74, 6) is -0.140. The third-order valence-corrected chi connectivity index (χ3v) is 4.32. The summed E-state index contributed by atoms with van der Waals surface area (Å²) in [4.78, 5) is 15.8. The zero-order valence-electron chi connectivity index (χ0n) is 18.5. The number of carbonyl (C=O) groups is 1. The van der Waals surface area contributed by atoms with Gasteiger partial charge in [-0.1, -0.05) is 100 Å². The van der Waals surface area contributed by atoms with Crippen molar-refractivity contribution in [2.45, 2.75) is 46.6 Å². The fourth-order valence-corrected chi connectivity index (χ4v) is 2.94. The Morgan fingerprint density at radius 2 is 1.66 bits per heavy atom. The van der Waals surface area contributed by atoms with E-state index in [9.17, 15) is 4.79 Å². The Kier molecular flexibility index (Phi) is 14.9. The number of benzene rings is 1. The molecule has 0 bridgehead atoms. The molecule has 0 saturated carbocycles. The molecular weight excluding hydrogens is 376 g/mol. The maximum atomic E-state index is 11.1. The van der Waals surface area contributed by atoms with Crippen LogP contribution in [0.4, 0.5) is 0 Å². The highest BCUT2D eigenvalue weighted by molar-refractivity contribution is 7.99. The summed E-state index contributed by atoms with van der Waals surface area (Å²) >= 11 is 1.36. The van der Waals surface area contributed by atoms with Gasteiger partial charge in [0, 0.05) is 0 Å². The molecule has 0 aliphatic carbocycles. The molecule has 0 saturated heterocycles. The van der Waals surface area contributed by atoms with Crippen molar-refractivity contribution in [1.29, 1.82) is 0 Å². The Bertz CT molecular complexity index is 809. The van der Waals surface area contributed by atoms with Gasteiger partial charge in [0.1, 0.15) is 0 Å². The van der Waals surface area contributed by atoms with Gasteiger partial charge < -0.3 is 5.73 Å². The predicted octanol–water partition coefficient (Wildman–Crippen LogP) is 6.91. The highest BCUT2D eigenvalue weighted by atomic mass is 32.2. The van der Waals surface area contributed by atoms with Crippen LogP contribution in [-0.2, 0) is 4.79 Å². The van der Waals surface area contributed by atoms with E-state index in [1.165, 1.54) is 11.8 Å². The first-order chi connectivity index (χ1) is 14.1. The van der Waals surface area contributed by atoms with Crippen molar-refractivity contribution in [1.82, 2.24) is 4.98 Å². The summed E-state index contributed by atoms with van der Waals surface area (Å²) in [5.41, 5.74) is 9.33. The van der Waals surface area contributed by atoms with Crippen LogP contribution in [0.15, 0.2) is 77.9 Å². The number of thioether (sulfide) groups is 1. The number of rotatable bonds is 7. The van der Waals surface area contributed by atoms with Crippen molar-refractivity contribution < 1.29 is 4.79 Å². The van der Waals surface area contributed by atoms with Gasteiger partial charge in [-0.2, -0.15) is 0 Å². The molecular formula is C25H34N2OS. The normalized spacial score (nSPS) is 10.9. The van der Waals surface area contributed by atoms with E-state index in [0.29, 0.717) is 0 Å². The van der Waals surface area contributed by atoms with Gasteiger partial charge in [0.2, 0.25) is 5.91 Å². The molecule has 0 fully saturated rings. The molecule has 2 rings (SSSR count). The molecule has 2 aromatic rings. The summed E-state index contributed by atoms with van der Waals surface area (Å²) in [6.07, 6.45) is 10.0. The summed E-state index contributed by atoms with van der Waals surface area (Å²) in [6, 6.07) is 14.2. The maximum Gasteiger partial charge on any atom is 0.227 e. The highest BCUT2D eigenvalue weighted by Crippen LogP contribution is 2.28.